The van der Waals surface area contributed by atoms with Gasteiger partial charge in [-0.25, -0.2) is 4.79 Å². The van der Waals surface area contributed by atoms with E-state index in [2.05, 4.69) is 15.2 Å². The number of ether oxygens (including phenoxy) is 1. The van der Waals surface area contributed by atoms with Crippen LogP contribution in [-0.4, -0.2) is 42.0 Å². The van der Waals surface area contributed by atoms with Crippen LogP contribution in [0.2, 0.25) is 5.02 Å². The molecule has 9 heteroatoms. The highest BCUT2D eigenvalue weighted by Gasteiger charge is 2.32. The molecular formula is C22H22ClN5O3. The molecule has 8 nitrogen and oxygen atoms in total. The first-order valence-corrected chi connectivity index (χ1v) is 10.7. The lowest BCUT2D eigenvalue weighted by molar-refractivity contribution is 0.138. The van der Waals surface area contributed by atoms with Crippen molar-refractivity contribution in [3.63, 3.8) is 0 Å². The maximum Gasteiger partial charge on any atom is 0.408 e. The van der Waals surface area contributed by atoms with Crippen molar-refractivity contribution >= 4 is 17.7 Å². The number of hydrogen-bond donors (Lipinski definition) is 1. The van der Waals surface area contributed by atoms with Gasteiger partial charge in [-0.15, -0.1) is 10.2 Å². The molecular weight excluding hydrogens is 418 g/mol. The van der Waals surface area contributed by atoms with E-state index in [1.807, 2.05) is 34.9 Å². The first-order chi connectivity index (χ1) is 15.1. The molecule has 3 aromatic rings. The zero-order valence-electron chi connectivity index (χ0n) is 16.8. The standard InChI is InChI=1S/C22H22ClN5O3/c23-16-5-8-19-15(10-16)12-27(22(29)30)13-20-25-26-21(28(19)20)14-3-6-17(7-4-14)31-18-2-1-9-24-11-18/h1-2,5,8-11,14,17H,3-4,6-7,12-13H2,(H,29,30). The highest BCUT2D eigenvalue weighted by molar-refractivity contribution is 6.30. The first kappa shape index (κ1) is 19.8. The third-order valence-electron chi connectivity index (χ3n) is 5.98. The molecule has 1 N–H and O–H groups in total. The van der Waals surface area contributed by atoms with E-state index in [0.29, 0.717) is 10.8 Å². The van der Waals surface area contributed by atoms with Crippen LogP contribution in [0.15, 0.2) is 42.7 Å². The second-order valence-electron chi connectivity index (χ2n) is 8.00. The molecule has 2 aromatic heterocycles. The molecule has 160 valence electrons. The molecule has 0 radical (unpaired) electrons. The van der Waals surface area contributed by atoms with Gasteiger partial charge in [0.1, 0.15) is 11.6 Å². The van der Waals surface area contributed by atoms with Crippen molar-refractivity contribution in [3.8, 4) is 11.4 Å². The van der Waals surface area contributed by atoms with E-state index in [1.165, 1.54) is 4.90 Å². The Kier molecular flexibility index (Phi) is 5.23. The van der Waals surface area contributed by atoms with E-state index in [9.17, 15) is 9.90 Å². The lowest BCUT2D eigenvalue weighted by atomic mass is 9.86. The molecule has 1 aliphatic heterocycles. The minimum atomic E-state index is -0.989. The van der Waals surface area contributed by atoms with Crippen molar-refractivity contribution in [3.05, 3.63) is 65.0 Å². The molecule has 0 saturated heterocycles. The SMILES string of the molecule is O=C(O)N1Cc2cc(Cl)ccc2-n2c(nnc2C2CCC(Oc3cccnc3)CC2)C1. The molecule has 1 fully saturated rings. The van der Waals surface area contributed by atoms with E-state index in [4.69, 9.17) is 16.3 Å². The third kappa shape index (κ3) is 3.95. The molecule has 5 rings (SSSR count). The summed E-state index contributed by atoms with van der Waals surface area (Å²) in [6.45, 7) is 0.452. The molecule has 3 heterocycles. The van der Waals surface area contributed by atoms with Gasteiger partial charge in [0.15, 0.2) is 5.82 Å². The lowest BCUT2D eigenvalue weighted by Gasteiger charge is -2.28. The summed E-state index contributed by atoms with van der Waals surface area (Å²) in [7, 11) is 0. The predicted octanol–water partition coefficient (Wildman–Crippen LogP) is 4.41. The Morgan fingerprint density at radius 2 is 1.97 bits per heavy atom. The summed E-state index contributed by atoms with van der Waals surface area (Å²) in [6.07, 6.45) is 6.31. The second kappa shape index (κ2) is 8.19. The molecule has 1 aliphatic carbocycles. The van der Waals surface area contributed by atoms with Crippen LogP contribution in [-0.2, 0) is 13.1 Å². The van der Waals surface area contributed by atoms with Gasteiger partial charge in [0, 0.05) is 17.1 Å². The number of hydrogen-bond acceptors (Lipinski definition) is 5. The minimum absolute atomic E-state index is 0.153. The summed E-state index contributed by atoms with van der Waals surface area (Å²) in [5.74, 6) is 2.54. The third-order valence-corrected chi connectivity index (χ3v) is 6.21. The Labute approximate surface area is 184 Å². The number of halogens is 1. The molecule has 1 aromatic carbocycles. The van der Waals surface area contributed by atoms with Crippen LogP contribution >= 0.6 is 11.6 Å². The van der Waals surface area contributed by atoms with Crippen LogP contribution < -0.4 is 4.74 Å². The molecule has 0 bridgehead atoms. The van der Waals surface area contributed by atoms with Crippen molar-refractivity contribution in [2.75, 3.05) is 0 Å². The normalized spacial score (nSPS) is 20.5. The average Bonchev–Trinajstić information content (AvgIpc) is 3.10. The summed E-state index contributed by atoms with van der Waals surface area (Å²) >= 11 is 6.20. The molecule has 31 heavy (non-hydrogen) atoms. The van der Waals surface area contributed by atoms with Crippen molar-refractivity contribution in [1.29, 1.82) is 0 Å². The van der Waals surface area contributed by atoms with Gasteiger partial charge in [0.2, 0.25) is 0 Å². The Hall–Kier alpha value is -3.13. The van der Waals surface area contributed by atoms with Gasteiger partial charge in [-0.05, 0) is 61.6 Å². The number of carbonyl (C=O) groups is 1. The molecule has 0 spiro atoms. The quantitative estimate of drug-likeness (QED) is 0.649. The molecule has 1 amide bonds. The van der Waals surface area contributed by atoms with Gasteiger partial charge in [-0.3, -0.25) is 14.5 Å². The van der Waals surface area contributed by atoms with Gasteiger partial charge in [0.05, 0.1) is 31.1 Å². The number of pyridine rings is 1. The largest absolute Gasteiger partial charge is 0.489 e. The second-order valence-corrected chi connectivity index (χ2v) is 8.44. The van der Waals surface area contributed by atoms with Crippen LogP contribution in [0.25, 0.3) is 5.69 Å². The number of amides is 1. The van der Waals surface area contributed by atoms with Crippen LogP contribution in [0, 0.1) is 0 Å². The summed E-state index contributed by atoms with van der Waals surface area (Å²) in [4.78, 5) is 17.2. The molecule has 0 atom stereocenters. The lowest BCUT2D eigenvalue weighted by Crippen LogP contribution is -2.28. The molecule has 0 unspecified atom stereocenters. The summed E-state index contributed by atoms with van der Waals surface area (Å²) in [5, 5.41) is 19.1. The fourth-order valence-corrected chi connectivity index (χ4v) is 4.67. The van der Waals surface area contributed by atoms with Crippen molar-refractivity contribution in [2.45, 2.75) is 50.8 Å². The van der Waals surface area contributed by atoms with E-state index in [0.717, 1.165) is 48.5 Å². The predicted molar refractivity (Wildman–Crippen MR) is 114 cm³/mol. The first-order valence-electron chi connectivity index (χ1n) is 10.4. The van der Waals surface area contributed by atoms with Crippen LogP contribution in [0.5, 0.6) is 5.75 Å². The summed E-state index contributed by atoms with van der Waals surface area (Å²) in [5.41, 5.74) is 1.75. The maximum absolute atomic E-state index is 11.7. The Balaban J connectivity index is 1.41. The van der Waals surface area contributed by atoms with E-state index in [1.54, 1.807) is 12.4 Å². The zero-order chi connectivity index (χ0) is 21.4. The average molecular weight is 440 g/mol. The Morgan fingerprint density at radius 1 is 1.13 bits per heavy atom. The summed E-state index contributed by atoms with van der Waals surface area (Å²) in [6, 6.07) is 9.37. The van der Waals surface area contributed by atoms with Crippen molar-refractivity contribution < 1.29 is 14.6 Å². The number of rotatable bonds is 3. The van der Waals surface area contributed by atoms with E-state index in [-0.39, 0.29) is 25.1 Å². The monoisotopic (exact) mass is 439 g/mol. The van der Waals surface area contributed by atoms with Gasteiger partial charge in [0.25, 0.3) is 0 Å². The Morgan fingerprint density at radius 3 is 2.71 bits per heavy atom. The van der Waals surface area contributed by atoms with Gasteiger partial charge in [-0.1, -0.05) is 11.6 Å². The van der Waals surface area contributed by atoms with Gasteiger partial charge >= 0.3 is 6.09 Å². The van der Waals surface area contributed by atoms with Gasteiger partial charge in [-0.2, -0.15) is 0 Å². The van der Waals surface area contributed by atoms with Crippen LogP contribution in [0.1, 0.15) is 48.8 Å². The number of nitrogens with zero attached hydrogens (tertiary/aromatic N) is 5. The fraction of sp³-hybridized carbons (Fsp3) is 0.364. The fourth-order valence-electron chi connectivity index (χ4n) is 4.47. The van der Waals surface area contributed by atoms with Gasteiger partial charge < -0.3 is 9.84 Å². The Bertz CT molecular complexity index is 1100. The molecule has 1 saturated carbocycles. The van der Waals surface area contributed by atoms with Crippen molar-refractivity contribution in [2.24, 2.45) is 0 Å². The summed E-state index contributed by atoms with van der Waals surface area (Å²) < 4.78 is 8.10. The van der Waals surface area contributed by atoms with Crippen molar-refractivity contribution in [1.82, 2.24) is 24.6 Å². The highest BCUT2D eigenvalue weighted by atomic mass is 35.5. The number of carboxylic acid groups (broad SMARTS) is 1. The van der Waals surface area contributed by atoms with E-state index >= 15 is 0 Å². The highest BCUT2D eigenvalue weighted by Crippen LogP contribution is 2.37. The van der Waals surface area contributed by atoms with Crippen LogP contribution in [0.4, 0.5) is 4.79 Å². The number of fused-ring (bicyclic) bond motifs is 3. The smallest absolute Gasteiger partial charge is 0.408 e. The number of aromatic nitrogens is 4. The maximum atomic E-state index is 11.7. The number of benzene rings is 1. The van der Waals surface area contributed by atoms with E-state index < -0.39 is 6.09 Å². The zero-order valence-corrected chi connectivity index (χ0v) is 17.6. The topological polar surface area (TPSA) is 93.4 Å². The minimum Gasteiger partial charge on any atom is -0.489 e. The molecule has 2 aliphatic rings. The van der Waals surface area contributed by atoms with Crippen LogP contribution in [0.3, 0.4) is 0 Å².